The molecule has 0 bridgehead atoms. The number of anilines is 1. The molecule has 2 rings (SSSR count). The summed E-state index contributed by atoms with van der Waals surface area (Å²) in [5, 5.41) is 3.17. The molecule has 1 N–H and O–H groups in total. The lowest BCUT2D eigenvalue weighted by Crippen LogP contribution is -2.50. The van der Waals surface area contributed by atoms with Gasteiger partial charge in [0.05, 0.1) is 24.1 Å². The van der Waals surface area contributed by atoms with Crippen LogP contribution in [0.25, 0.3) is 0 Å². The molecule has 0 aliphatic heterocycles. The van der Waals surface area contributed by atoms with Crippen molar-refractivity contribution >= 4 is 33.2 Å². The van der Waals surface area contributed by atoms with Gasteiger partial charge in [0.25, 0.3) is 0 Å². The fourth-order valence-corrected chi connectivity index (χ4v) is 4.48. The fourth-order valence-electron chi connectivity index (χ4n) is 3.06. The Morgan fingerprint density at radius 2 is 1.83 bits per heavy atom. The van der Waals surface area contributed by atoms with Crippen molar-refractivity contribution in [2.24, 2.45) is 0 Å². The van der Waals surface area contributed by atoms with Gasteiger partial charge in [0.1, 0.15) is 11.8 Å². The molecule has 29 heavy (non-hydrogen) atoms. The number of rotatable bonds is 9. The van der Waals surface area contributed by atoms with Gasteiger partial charge in [-0.2, -0.15) is 0 Å². The average molecular weight is 439 g/mol. The second-order valence-corrected chi connectivity index (χ2v) is 9.25. The van der Waals surface area contributed by atoms with Crippen LogP contribution in [0, 0.1) is 0 Å². The largest absolute Gasteiger partial charge is 0.495 e. The lowest BCUT2D eigenvalue weighted by Gasteiger charge is -2.29. The molecule has 0 aliphatic carbocycles. The summed E-state index contributed by atoms with van der Waals surface area (Å²) >= 11 is 6.14. The lowest BCUT2D eigenvalue weighted by molar-refractivity contribution is -0.122. The van der Waals surface area contributed by atoms with E-state index in [-0.39, 0.29) is 17.0 Å². The molecule has 0 spiro atoms. The Morgan fingerprint density at radius 1 is 1.17 bits per heavy atom. The third kappa shape index (κ3) is 6.37. The second kappa shape index (κ2) is 9.98. The van der Waals surface area contributed by atoms with E-state index in [1.54, 1.807) is 19.1 Å². The van der Waals surface area contributed by atoms with Gasteiger partial charge in [0.15, 0.2) is 0 Å². The third-order valence-corrected chi connectivity index (χ3v) is 6.11. The van der Waals surface area contributed by atoms with E-state index in [2.05, 4.69) is 5.32 Å². The van der Waals surface area contributed by atoms with Crippen LogP contribution in [-0.2, 0) is 21.2 Å². The number of ether oxygens (including phenoxy) is 1. The standard InChI is InChI=1S/C21H27ClN2O4S/c1-15(10-11-17-8-6-5-7-9-17)23-21(25)16(2)24(29(4,26)27)18-12-13-20(28-3)19(22)14-18/h5-9,12-16H,10-11H2,1-4H3,(H,23,25)/t15-,16-/m0/s1. The highest BCUT2D eigenvalue weighted by atomic mass is 35.5. The molecule has 1 amide bonds. The summed E-state index contributed by atoms with van der Waals surface area (Å²) in [5.74, 6) is 0.0541. The Balaban J connectivity index is 2.11. The molecule has 2 aromatic carbocycles. The van der Waals surface area contributed by atoms with Gasteiger partial charge in [-0.3, -0.25) is 9.10 Å². The summed E-state index contributed by atoms with van der Waals surface area (Å²) in [6.07, 6.45) is 2.63. The van der Waals surface area contributed by atoms with E-state index in [0.29, 0.717) is 11.4 Å². The van der Waals surface area contributed by atoms with E-state index in [4.69, 9.17) is 16.3 Å². The fraction of sp³-hybridized carbons (Fsp3) is 0.381. The topological polar surface area (TPSA) is 75.7 Å². The summed E-state index contributed by atoms with van der Waals surface area (Å²) in [7, 11) is -2.24. The molecule has 0 aliphatic rings. The first kappa shape index (κ1) is 23.0. The van der Waals surface area contributed by atoms with Crippen LogP contribution in [0.3, 0.4) is 0 Å². The van der Waals surface area contributed by atoms with Crippen molar-refractivity contribution in [3.05, 3.63) is 59.1 Å². The molecule has 2 aromatic rings. The number of benzene rings is 2. The predicted molar refractivity (Wildman–Crippen MR) is 117 cm³/mol. The Labute approximate surface area is 177 Å². The molecule has 2 atom stereocenters. The number of sulfonamides is 1. The van der Waals surface area contributed by atoms with Gasteiger partial charge in [-0.1, -0.05) is 41.9 Å². The van der Waals surface area contributed by atoms with Crippen molar-refractivity contribution in [2.45, 2.75) is 38.8 Å². The van der Waals surface area contributed by atoms with Gasteiger partial charge in [0.2, 0.25) is 15.9 Å². The minimum atomic E-state index is -3.72. The maximum Gasteiger partial charge on any atom is 0.243 e. The molecule has 8 heteroatoms. The second-order valence-electron chi connectivity index (χ2n) is 6.99. The van der Waals surface area contributed by atoms with Crippen molar-refractivity contribution in [2.75, 3.05) is 17.7 Å². The van der Waals surface area contributed by atoms with Gasteiger partial charge in [-0.25, -0.2) is 8.42 Å². The van der Waals surface area contributed by atoms with Crippen LogP contribution < -0.4 is 14.4 Å². The minimum Gasteiger partial charge on any atom is -0.495 e. The van der Waals surface area contributed by atoms with Crippen molar-refractivity contribution in [1.82, 2.24) is 5.32 Å². The Kier molecular flexibility index (Phi) is 7.93. The molecule has 0 fully saturated rings. The number of carbonyl (C=O) groups is 1. The van der Waals surface area contributed by atoms with Crippen molar-refractivity contribution in [3.8, 4) is 5.75 Å². The highest BCUT2D eigenvalue weighted by Crippen LogP contribution is 2.31. The van der Waals surface area contributed by atoms with Gasteiger partial charge in [-0.05, 0) is 50.5 Å². The first-order chi connectivity index (χ1) is 13.6. The van der Waals surface area contributed by atoms with Gasteiger partial charge < -0.3 is 10.1 Å². The van der Waals surface area contributed by atoms with Crippen LogP contribution in [0.4, 0.5) is 5.69 Å². The number of aryl methyl sites for hydroxylation is 1. The van der Waals surface area contributed by atoms with Crippen LogP contribution in [0.1, 0.15) is 25.8 Å². The minimum absolute atomic E-state index is 0.106. The summed E-state index contributed by atoms with van der Waals surface area (Å²) in [5.41, 5.74) is 1.49. The number of carbonyl (C=O) groups excluding carboxylic acids is 1. The van der Waals surface area contributed by atoms with Gasteiger partial charge in [0, 0.05) is 6.04 Å². The maximum atomic E-state index is 12.8. The highest BCUT2D eigenvalue weighted by molar-refractivity contribution is 7.92. The van der Waals surface area contributed by atoms with Crippen molar-refractivity contribution in [1.29, 1.82) is 0 Å². The van der Waals surface area contributed by atoms with E-state index in [0.717, 1.165) is 23.4 Å². The predicted octanol–water partition coefficient (Wildman–Crippen LogP) is 3.64. The zero-order valence-electron chi connectivity index (χ0n) is 17.1. The van der Waals surface area contributed by atoms with E-state index in [1.807, 2.05) is 37.3 Å². The Hall–Kier alpha value is -2.25. The summed E-state index contributed by atoms with van der Waals surface area (Å²) in [6.45, 7) is 3.46. The van der Waals surface area contributed by atoms with Crippen molar-refractivity contribution in [3.63, 3.8) is 0 Å². The quantitative estimate of drug-likeness (QED) is 0.648. The average Bonchev–Trinajstić information content (AvgIpc) is 2.66. The lowest BCUT2D eigenvalue weighted by atomic mass is 10.1. The molecular formula is C21H27ClN2O4S. The number of hydrogen-bond acceptors (Lipinski definition) is 4. The number of methoxy groups -OCH3 is 1. The number of halogens is 1. The van der Waals surface area contributed by atoms with E-state index in [1.165, 1.54) is 18.7 Å². The molecule has 0 saturated heterocycles. The van der Waals surface area contributed by atoms with E-state index >= 15 is 0 Å². The number of amides is 1. The normalized spacial score (nSPS) is 13.4. The van der Waals surface area contributed by atoms with Crippen LogP contribution >= 0.6 is 11.6 Å². The van der Waals surface area contributed by atoms with Crippen LogP contribution in [0.2, 0.25) is 5.02 Å². The smallest absolute Gasteiger partial charge is 0.243 e. The molecule has 158 valence electrons. The van der Waals surface area contributed by atoms with Crippen LogP contribution in [0.5, 0.6) is 5.75 Å². The number of nitrogens with one attached hydrogen (secondary N) is 1. The van der Waals surface area contributed by atoms with Crippen LogP contribution in [0.15, 0.2) is 48.5 Å². The molecule has 0 aromatic heterocycles. The molecular weight excluding hydrogens is 412 g/mol. The Morgan fingerprint density at radius 3 is 2.38 bits per heavy atom. The monoisotopic (exact) mass is 438 g/mol. The zero-order valence-corrected chi connectivity index (χ0v) is 18.6. The first-order valence-corrected chi connectivity index (χ1v) is 11.5. The summed E-state index contributed by atoms with van der Waals surface area (Å²) < 4.78 is 31.0. The zero-order chi connectivity index (χ0) is 21.6. The van der Waals surface area contributed by atoms with Crippen molar-refractivity contribution < 1.29 is 17.9 Å². The van der Waals surface area contributed by atoms with E-state index in [9.17, 15) is 13.2 Å². The Bertz CT molecular complexity index is 935. The summed E-state index contributed by atoms with van der Waals surface area (Å²) in [6, 6.07) is 13.6. The number of nitrogens with zero attached hydrogens (tertiary/aromatic N) is 1. The molecule has 0 radical (unpaired) electrons. The molecule has 0 unspecified atom stereocenters. The van der Waals surface area contributed by atoms with Crippen LogP contribution in [-0.4, -0.2) is 39.8 Å². The third-order valence-electron chi connectivity index (χ3n) is 4.58. The van der Waals surface area contributed by atoms with Gasteiger partial charge >= 0.3 is 0 Å². The van der Waals surface area contributed by atoms with E-state index < -0.39 is 16.1 Å². The highest BCUT2D eigenvalue weighted by Gasteiger charge is 2.30. The SMILES string of the molecule is COc1ccc(N([C@@H](C)C(=O)N[C@@H](C)CCc2ccccc2)S(C)(=O)=O)cc1Cl. The summed E-state index contributed by atoms with van der Waals surface area (Å²) in [4.78, 5) is 12.8. The first-order valence-electron chi connectivity index (χ1n) is 9.30. The maximum absolute atomic E-state index is 12.8. The molecule has 6 nitrogen and oxygen atoms in total. The van der Waals surface area contributed by atoms with Gasteiger partial charge in [-0.15, -0.1) is 0 Å². The molecule has 0 heterocycles. The molecule has 0 saturated carbocycles. The number of hydrogen-bond donors (Lipinski definition) is 1.